The van der Waals surface area contributed by atoms with Gasteiger partial charge in [-0.15, -0.1) is 0 Å². The second kappa shape index (κ2) is 7.18. The molecule has 0 bridgehead atoms. The molecule has 2 aromatic carbocycles. The summed E-state index contributed by atoms with van der Waals surface area (Å²) in [4.78, 5) is 0. The van der Waals surface area contributed by atoms with E-state index in [-0.39, 0.29) is 18.4 Å². The lowest BCUT2D eigenvalue weighted by molar-refractivity contribution is 0.256. The summed E-state index contributed by atoms with van der Waals surface area (Å²) in [5, 5.41) is 3.30. The van der Waals surface area contributed by atoms with Crippen molar-refractivity contribution in [2.45, 2.75) is 19.9 Å². The Balaban J connectivity index is 2.07. The zero-order valence-corrected chi connectivity index (χ0v) is 12.2. The molecule has 0 amide bonds. The summed E-state index contributed by atoms with van der Waals surface area (Å²) in [6.07, 6.45) is 0. The van der Waals surface area contributed by atoms with Crippen molar-refractivity contribution >= 4 is 0 Å². The average molecular weight is 291 g/mol. The minimum absolute atomic E-state index is 0.0416. The minimum atomic E-state index is -0.686. The molecule has 0 radical (unpaired) electrons. The number of benzene rings is 2. The maximum atomic E-state index is 13.6. The highest BCUT2D eigenvalue weighted by Crippen LogP contribution is 2.20. The van der Waals surface area contributed by atoms with E-state index in [1.54, 1.807) is 0 Å². The standard InChI is InChI=1S/C17H19F2NO/c1-3-20-16(13-6-4-12(2)5-7-13)11-21-17-9-8-14(18)10-15(17)19/h4-10,16,20H,3,11H2,1-2H3. The molecule has 0 saturated heterocycles. The number of halogens is 2. The molecule has 2 rings (SSSR count). The van der Waals surface area contributed by atoms with Gasteiger partial charge >= 0.3 is 0 Å². The molecule has 2 nitrogen and oxygen atoms in total. The van der Waals surface area contributed by atoms with Crippen molar-refractivity contribution in [3.63, 3.8) is 0 Å². The minimum Gasteiger partial charge on any atom is -0.489 e. The lowest BCUT2D eigenvalue weighted by Crippen LogP contribution is -2.26. The molecule has 0 aliphatic rings. The first kappa shape index (κ1) is 15.4. The van der Waals surface area contributed by atoms with E-state index in [4.69, 9.17) is 4.74 Å². The zero-order valence-electron chi connectivity index (χ0n) is 12.2. The highest BCUT2D eigenvalue weighted by atomic mass is 19.1. The van der Waals surface area contributed by atoms with Gasteiger partial charge in [0.2, 0.25) is 0 Å². The summed E-state index contributed by atoms with van der Waals surface area (Å²) in [5.41, 5.74) is 2.25. The number of aryl methyl sites for hydroxylation is 1. The third kappa shape index (κ3) is 4.26. The van der Waals surface area contributed by atoms with Gasteiger partial charge in [-0.3, -0.25) is 0 Å². The van der Waals surface area contributed by atoms with Gasteiger partial charge in [0, 0.05) is 6.07 Å². The summed E-state index contributed by atoms with van der Waals surface area (Å²) in [7, 11) is 0. The Hall–Kier alpha value is -1.94. The fourth-order valence-electron chi connectivity index (χ4n) is 2.08. The van der Waals surface area contributed by atoms with Gasteiger partial charge in [0.1, 0.15) is 12.4 Å². The average Bonchev–Trinajstić information content (AvgIpc) is 2.46. The van der Waals surface area contributed by atoms with E-state index in [1.165, 1.54) is 17.7 Å². The molecule has 1 atom stereocenters. The first-order valence-corrected chi connectivity index (χ1v) is 6.98. The van der Waals surface area contributed by atoms with Crippen molar-refractivity contribution in [2.24, 2.45) is 0 Å². The summed E-state index contributed by atoms with van der Waals surface area (Å²) in [5.74, 6) is -1.23. The fourth-order valence-corrected chi connectivity index (χ4v) is 2.08. The summed E-state index contributed by atoms with van der Waals surface area (Å²) >= 11 is 0. The second-order valence-electron chi connectivity index (χ2n) is 4.91. The Labute approximate surface area is 123 Å². The van der Waals surface area contributed by atoms with Crippen LogP contribution in [0.1, 0.15) is 24.1 Å². The van der Waals surface area contributed by atoms with E-state index in [0.29, 0.717) is 0 Å². The lowest BCUT2D eigenvalue weighted by Gasteiger charge is -2.19. The topological polar surface area (TPSA) is 21.3 Å². The maximum absolute atomic E-state index is 13.6. The quantitative estimate of drug-likeness (QED) is 0.868. The smallest absolute Gasteiger partial charge is 0.167 e. The van der Waals surface area contributed by atoms with Crippen LogP contribution in [0.2, 0.25) is 0 Å². The Kier molecular flexibility index (Phi) is 5.28. The van der Waals surface area contributed by atoms with E-state index in [2.05, 4.69) is 5.32 Å². The molecule has 1 unspecified atom stereocenters. The van der Waals surface area contributed by atoms with Crippen LogP contribution in [0, 0.1) is 18.6 Å². The highest BCUT2D eigenvalue weighted by Gasteiger charge is 2.13. The predicted molar refractivity (Wildman–Crippen MR) is 79.4 cm³/mol. The molecule has 0 heterocycles. The van der Waals surface area contributed by atoms with Crippen LogP contribution in [0.3, 0.4) is 0 Å². The number of rotatable bonds is 6. The SMILES string of the molecule is CCNC(COc1ccc(F)cc1F)c1ccc(C)cc1. The summed E-state index contributed by atoms with van der Waals surface area (Å²) in [6, 6.07) is 11.4. The number of nitrogens with one attached hydrogen (secondary N) is 1. The molecule has 0 saturated carbocycles. The first-order chi connectivity index (χ1) is 10.1. The molecule has 21 heavy (non-hydrogen) atoms. The molecule has 0 fully saturated rings. The van der Waals surface area contributed by atoms with Crippen LogP contribution in [0.15, 0.2) is 42.5 Å². The summed E-state index contributed by atoms with van der Waals surface area (Å²) < 4.78 is 31.9. The Morgan fingerprint density at radius 2 is 1.81 bits per heavy atom. The number of ether oxygens (including phenoxy) is 1. The molecule has 0 aromatic heterocycles. The molecule has 112 valence electrons. The Morgan fingerprint density at radius 3 is 2.43 bits per heavy atom. The lowest BCUT2D eigenvalue weighted by atomic mass is 10.1. The first-order valence-electron chi connectivity index (χ1n) is 6.98. The van der Waals surface area contributed by atoms with E-state index in [9.17, 15) is 8.78 Å². The third-order valence-corrected chi connectivity index (χ3v) is 3.23. The van der Waals surface area contributed by atoms with Crippen LogP contribution in [0.25, 0.3) is 0 Å². The van der Waals surface area contributed by atoms with Crippen LogP contribution in [-0.2, 0) is 0 Å². The van der Waals surface area contributed by atoms with Gasteiger partial charge in [0.25, 0.3) is 0 Å². The van der Waals surface area contributed by atoms with Crippen LogP contribution in [0.4, 0.5) is 8.78 Å². The summed E-state index contributed by atoms with van der Waals surface area (Å²) in [6.45, 7) is 5.07. The van der Waals surface area contributed by atoms with E-state index >= 15 is 0 Å². The zero-order chi connectivity index (χ0) is 15.2. The molecule has 4 heteroatoms. The van der Waals surface area contributed by atoms with Crippen LogP contribution >= 0.6 is 0 Å². The molecular formula is C17H19F2NO. The van der Waals surface area contributed by atoms with Gasteiger partial charge < -0.3 is 10.1 Å². The van der Waals surface area contributed by atoms with Crippen LogP contribution in [0.5, 0.6) is 5.75 Å². The van der Waals surface area contributed by atoms with Gasteiger partial charge in [-0.25, -0.2) is 8.78 Å². The van der Waals surface area contributed by atoms with E-state index in [0.717, 1.165) is 18.2 Å². The van der Waals surface area contributed by atoms with Crippen LogP contribution < -0.4 is 10.1 Å². The van der Waals surface area contributed by atoms with E-state index in [1.807, 2.05) is 38.1 Å². The van der Waals surface area contributed by atoms with E-state index < -0.39 is 11.6 Å². The van der Waals surface area contributed by atoms with Crippen molar-refractivity contribution in [3.8, 4) is 5.75 Å². The second-order valence-corrected chi connectivity index (χ2v) is 4.91. The van der Waals surface area contributed by atoms with Gasteiger partial charge in [0.15, 0.2) is 11.6 Å². The van der Waals surface area contributed by atoms with Crippen molar-refractivity contribution in [2.75, 3.05) is 13.2 Å². The number of hydrogen-bond acceptors (Lipinski definition) is 2. The predicted octanol–water partition coefficient (Wildman–Crippen LogP) is 4.00. The number of hydrogen-bond donors (Lipinski definition) is 1. The Bertz CT molecular complexity index is 584. The fraction of sp³-hybridized carbons (Fsp3) is 0.294. The Morgan fingerprint density at radius 1 is 1.10 bits per heavy atom. The molecule has 0 aliphatic carbocycles. The molecule has 0 aliphatic heterocycles. The number of likely N-dealkylation sites (N-methyl/N-ethyl adjacent to an activating group) is 1. The normalized spacial score (nSPS) is 12.2. The van der Waals surface area contributed by atoms with Gasteiger partial charge in [0.05, 0.1) is 6.04 Å². The van der Waals surface area contributed by atoms with Crippen molar-refractivity contribution in [3.05, 3.63) is 65.2 Å². The molecule has 0 spiro atoms. The third-order valence-electron chi connectivity index (χ3n) is 3.23. The van der Waals surface area contributed by atoms with Gasteiger partial charge in [-0.2, -0.15) is 0 Å². The van der Waals surface area contributed by atoms with Crippen LogP contribution in [-0.4, -0.2) is 13.2 Å². The monoisotopic (exact) mass is 291 g/mol. The molecule has 1 N–H and O–H groups in total. The molecule has 2 aromatic rings. The van der Waals surface area contributed by atoms with Crippen molar-refractivity contribution < 1.29 is 13.5 Å². The maximum Gasteiger partial charge on any atom is 0.167 e. The van der Waals surface area contributed by atoms with Crippen molar-refractivity contribution in [1.29, 1.82) is 0 Å². The largest absolute Gasteiger partial charge is 0.489 e. The van der Waals surface area contributed by atoms with Gasteiger partial charge in [-0.1, -0.05) is 36.8 Å². The van der Waals surface area contributed by atoms with Crippen molar-refractivity contribution in [1.82, 2.24) is 5.32 Å². The highest BCUT2D eigenvalue weighted by molar-refractivity contribution is 5.26. The molecular weight excluding hydrogens is 272 g/mol. The van der Waals surface area contributed by atoms with Gasteiger partial charge in [-0.05, 0) is 31.2 Å².